The van der Waals surface area contributed by atoms with E-state index >= 15 is 0 Å². The Kier molecular flexibility index (Phi) is 5.31. The van der Waals surface area contributed by atoms with Crippen LogP contribution in [0, 0.1) is 0 Å². The molecule has 0 radical (unpaired) electrons. The van der Waals surface area contributed by atoms with Crippen LogP contribution < -0.4 is 5.32 Å². The van der Waals surface area contributed by atoms with Crippen LogP contribution in [0.25, 0.3) is 0 Å². The molecule has 1 amide bonds. The monoisotopic (exact) mass is 250 g/mol. The van der Waals surface area contributed by atoms with Gasteiger partial charge in [-0.15, -0.1) is 0 Å². The number of aliphatic hydroxyl groups is 1. The third kappa shape index (κ3) is 5.80. The van der Waals surface area contributed by atoms with Crippen LogP contribution in [0.1, 0.15) is 12.5 Å². The summed E-state index contributed by atoms with van der Waals surface area (Å²) in [5.41, 5.74) is 0.0674. The molecule has 0 aliphatic carbocycles. The van der Waals surface area contributed by atoms with Crippen molar-refractivity contribution in [2.45, 2.75) is 18.9 Å². The van der Waals surface area contributed by atoms with E-state index in [1.807, 2.05) is 49.3 Å². The van der Waals surface area contributed by atoms with Gasteiger partial charge in [-0.3, -0.25) is 4.79 Å². The predicted octanol–water partition coefficient (Wildman–Crippen LogP) is 0.658. The molecule has 4 heteroatoms. The molecule has 0 heterocycles. The van der Waals surface area contributed by atoms with Crippen LogP contribution >= 0.6 is 0 Å². The summed E-state index contributed by atoms with van der Waals surface area (Å²) in [5.74, 6) is -0.0692. The Hall–Kier alpha value is -1.39. The van der Waals surface area contributed by atoms with E-state index in [1.54, 1.807) is 6.92 Å². The van der Waals surface area contributed by atoms with Crippen LogP contribution in [0.3, 0.4) is 0 Å². The van der Waals surface area contributed by atoms with Gasteiger partial charge in [0.1, 0.15) is 0 Å². The third-order valence-electron chi connectivity index (χ3n) is 2.53. The van der Waals surface area contributed by atoms with E-state index in [4.69, 9.17) is 0 Å². The van der Waals surface area contributed by atoms with E-state index in [0.29, 0.717) is 13.0 Å². The SMILES string of the molecule is CN(C)CC(C)(O)CNC(=O)Cc1ccccc1. The summed E-state index contributed by atoms with van der Waals surface area (Å²) in [6.07, 6.45) is 0.346. The van der Waals surface area contributed by atoms with Crippen LogP contribution in [0.2, 0.25) is 0 Å². The minimum atomic E-state index is -0.907. The van der Waals surface area contributed by atoms with Crippen molar-refractivity contribution in [1.29, 1.82) is 0 Å². The molecule has 1 unspecified atom stereocenters. The number of nitrogens with one attached hydrogen (secondary N) is 1. The van der Waals surface area contributed by atoms with Gasteiger partial charge in [-0.1, -0.05) is 30.3 Å². The summed E-state index contributed by atoms with van der Waals surface area (Å²) >= 11 is 0. The fourth-order valence-corrected chi connectivity index (χ4v) is 1.87. The van der Waals surface area contributed by atoms with Gasteiger partial charge in [0.25, 0.3) is 0 Å². The zero-order valence-corrected chi connectivity index (χ0v) is 11.3. The minimum Gasteiger partial charge on any atom is -0.387 e. The molecule has 2 N–H and O–H groups in total. The smallest absolute Gasteiger partial charge is 0.224 e. The highest BCUT2D eigenvalue weighted by atomic mass is 16.3. The number of likely N-dealkylation sites (N-methyl/N-ethyl adjacent to an activating group) is 1. The van der Waals surface area contributed by atoms with Crippen LogP contribution in [-0.2, 0) is 11.2 Å². The summed E-state index contributed by atoms with van der Waals surface area (Å²) < 4.78 is 0. The zero-order chi connectivity index (χ0) is 13.6. The Labute approximate surface area is 109 Å². The molecule has 4 nitrogen and oxygen atoms in total. The number of rotatable bonds is 6. The molecule has 100 valence electrons. The standard InChI is InChI=1S/C14H22N2O2/c1-14(18,11-16(2)3)10-15-13(17)9-12-7-5-4-6-8-12/h4-8,18H,9-11H2,1-3H3,(H,15,17). The molecule has 1 aromatic rings. The van der Waals surface area contributed by atoms with Crippen LogP contribution in [0.5, 0.6) is 0 Å². The zero-order valence-electron chi connectivity index (χ0n) is 11.3. The highest BCUT2D eigenvalue weighted by Gasteiger charge is 2.21. The molecule has 0 bridgehead atoms. The van der Waals surface area contributed by atoms with Gasteiger partial charge in [0.05, 0.1) is 12.0 Å². The molecule has 0 aliphatic rings. The fraction of sp³-hybridized carbons (Fsp3) is 0.500. The van der Waals surface area contributed by atoms with E-state index < -0.39 is 5.60 Å². The molecule has 1 atom stereocenters. The van der Waals surface area contributed by atoms with Crippen molar-refractivity contribution in [3.05, 3.63) is 35.9 Å². The van der Waals surface area contributed by atoms with E-state index in [1.165, 1.54) is 0 Å². The van der Waals surface area contributed by atoms with Gasteiger partial charge in [-0.05, 0) is 26.6 Å². The largest absolute Gasteiger partial charge is 0.387 e. The Balaban J connectivity index is 2.37. The molecule has 0 fully saturated rings. The highest BCUT2D eigenvalue weighted by Crippen LogP contribution is 2.03. The number of benzene rings is 1. The van der Waals surface area contributed by atoms with Crippen LogP contribution in [0.4, 0.5) is 0 Å². The molecular weight excluding hydrogens is 228 g/mol. The molecule has 0 aliphatic heterocycles. The second-order valence-corrected chi connectivity index (χ2v) is 5.17. The van der Waals surface area contributed by atoms with Gasteiger partial charge in [-0.2, -0.15) is 0 Å². The van der Waals surface area contributed by atoms with Crippen molar-refractivity contribution in [1.82, 2.24) is 10.2 Å². The van der Waals surface area contributed by atoms with Crippen molar-refractivity contribution in [3.8, 4) is 0 Å². The lowest BCUT2D eigenvalue weighted by Gasteiger charge is -2.27. The second kappa shape index (κ2) is 6.52. The van der Waals surface area contributed by atoms with Crippen LogP contribution in [-0.4, -0.2) is 48.7 Å². The quantitative estimate of drug-likeness (QED) is 0.780. The number of carbonyl (C=O) groups excluding carboxylic acids is 1. The average Bonchev–Trinajstić information content (AvgIpc) is 2.26. The van der Waals surface area contributed by atoms with Crippen molar-refractivity contribution in [3.63, 3.8) is 0 Å². The number of hydrogen-bond donors (Lipinski definition) is 2. The Bertz CT molecular complexity index is 375. The molecular formula is C14H22N2O2. The summed E-state index contributed by atoms with van der Waals surface area (Å²) in [6.45, 7) is 2.49. The van der Waals surface area contributed by atoms with Gasteiger partial charge in [-0.25, -0.2) is 0 Å². The van der Waals surface area contributed by atoms with Crippen molar-refractivity contribution >= 4 is 5.91 Å². The summed E-state index contributed by atoms with van der Waals surface area (Å²) in [4.78, 5) is 13.6. The summed E-state index contributed by atoms with van der Waals surface area (Å²) in [5, 5.41) is 12.8. The molecule has 1 aromatic carbocycles. The second-order valence-electron chi connectivity index (χ2n) is 5.17. The number of nitrogens with zero attached hydrogens (tertiary/aromatic N) is 1. The molecule has 0 saturated carbocycles. The molecule has 1 rings (SSSR count). The first-order chi connectivity index (χ1) is 8.39. The Morgan fingerprint density at radius 2 is 1.94 bits per heavy atom. The average molecular weight is 250 g/mol. The van der Waals surface area contributed by atoms with Crippen molar-refractivity contribution < 1.29 is 9.90 Å². The molecule has 0 saturated heterocycles. The van der Waals surface area contributed by atoms with Crippen molar-refractivity contribution in [2.75, 3.05) is 27.2 Å². The summed E-state index contributed by atoms with van der Waals surface area (Å²) in [7, 11) is 3.78. The minimum absolute atomic E-state index is 0.0692. The van der Waals surface area contributed by atoms with Gasteiger partial charge < -0.3 is 15.3 Å². The lowest BCUT2D eigenvalue weighted by Crippen LogP contribution is -2.47. The predicted molar refractivity (Wildman–Crippen MR) is 72.3 cm³/mol. The van der Waals surface area contributed by atoms with Gasteiger partial charge in [0.15, 0.2) is 0 Å². The molecule has 18 heavy (non-hydrogen) atoms. The number of amides is 1. The van der Waals surface area contributed by atoms with Crippen LogP contribution in [0.15, 0.2) is 30.3 Å². The van der Waals surface area contributed by atoms with Gasteiger partial charge in [0.2, 0.25) is 5.91 Å². The van der Waals surface area contributed by atoms with E-state index in [0.717, 1.165) is 5.56 Å². The number of hydrogen-bond acceptors (Lipinski definition) is 3. The lowest BCUT2D eigenvalue weighted by molar-refractivity contribution is -0.121. The normalized spacial score (nSPS) is 14.3. The summed E-state index contributed by atoms with van der Waals surface area (Å²) in [6, 6.07) is 9.56. The topological polar surface area (TPSA) is 52.6 Å². The Morgan fingerprint density at radius 1 is 1.33 bits per heavy atom. The highest BCUT2D eigenvalue weighted by molar-refractivity contribution is 5.78. The van der Waals surface area contributed by atoms with E-state index in [-0.39, 0.29) is 12.5 Å². The maximum absolute atomic E-state index is 11.7. The Morgan fingerprint density at radius 3 is 2.50 bits per heavy atom. The van der Waals surface area contributed by atoms with Gasteiger partial charge >= 0.3 is 0 Å². The number of carbonyl (C=O) groups is 1. The maximum atomic E-state index is 11.7. The van der Waals surface area contributed by atoms with E-state index in [2.05, 4.69) is 5.32 Å². The maximum Gasteiger partial charge on any atom is 0.224 e. The van der Waals surface area contributed by atoms with Gasteiger partial charge in [0, 0.05) is 13.1 Å². The molecule has 0 spiro atoms. The fourth-order valence-electron chi connectivity index (χ4n) is 1.87. The first-order valence-electron chi connectivity index (χ1n) is 6.07. The lowest BCUT2D eigenvalue weighted by atomic mass is 10.1. The first-order valence-corrected chi connectivity index (χ1v) is 6.07. The van der Waals surface area contributed by atoms with Crippen molar-refractivity contribution in [2.24, 2.45) is 0 Å². The third-order valence-corrected chi connectivity index (χ3v) is 2.53. The van der Waals surface area contributed by atoms with E-state index in [9.17, 15) is 9.90 Å². The molecule has 0 aromatic heterocycles. The first kappa shape index (κ1) is 14.7.